The Kier molecular flexibility index (Phi) is 4.75. The summed E-state index contributed by atoms with van der Waals surface area (Å²) < 4.78 is 5.20. The van der Waals surface area contributed by atoms with Crippen molar-refractivity contribution in [1.29, 1.82) is 0 Å². The zero-order valence-corrected chi connectivity index (χ0v) is 13.5. The lowest BCUT2D eigenvalue weighted by Crippen LogP contribution is -2.41. The molecule has 0 bridgehead atoms. The van der Waals surface area contributed by atoms with Crippen LogP contribution in [0.4, 0.5) is 4.79 Å². The molecule has 1 saturated heterocycles. The van der Waals surface area contributed by atoms with Crippen molar-refractivity contribution in [3.63, 3.8) is 0 Å². The van der Waals surface area contributed by atoms with E-state index in [9.17, 15) is 9.59 Å². The molecule has 1 aliphatic heterocycles. The van der Waals surface area contributed by atoms with E-state index in [2.05, 4.69) is 0 Å². The van der Waals surface area contributed by atoms with E-state index in [-0.39, 0.29) is 24.5 Å². The Balaban J connectivity index is 2.05. The van der Waals surface area contributed by atoms with E-state index in [1.807, 2.05) is 60.7 Å². The van der Waals surface area contributed by atoms with E-state index in [4.69, 9.17) is 4.74 Å². The number of ether oxygens (including phenoxy) is 1. The van der Waals surface area contributed by atoms with Gasteiger partial charge in [-0.3, -0.25) is 4.79 Å². The minimum Gasteiger partial charge on any atom is -0.447 e. The van der Waals surface area contributed by atoms with E-state index in [1.165, 1.54) is 11.0 Å². The van der Waals surface area contributed by atoms with Gasteiger partial charge < -0.3 is 4.74 Å². The van der Waals surface area contributed by atoms with Crippen molar-refractivity contribution in [2.24, 2.45) is 0 Å². The number of rotatable bonds is 4. The molecule has 3 rings (SSSR count). The summed E-state index contributed by atoms with van der Waals surface area (Å²) in [5.41, 5.74) is 2.09. The minimum atomic E-state index is -0.583. The Bertz CT molecular complexity index is 700. The Labute approximate surface area is 141 Å². The summed E-state index contributed by atoms with van der Waals surface area (Å²) in [7, 11) is 0. The normalized spacial score (nSPS) is 17.5. The molecule has 1 atom stereocenters. The first-order valence-electron chi connectivity index (χ1n) is 7.95. The monoisotopic (exact) mass is 321 g/mol. The third-order valence-corrected chi connectivity index (χ3v) is 4.15. The van der Waals surface area contributed by atoms with Crippen LogP contribution in [0.2, 0.25) is 0 Å². The second-order valence-corrected chi connectivity index (χ2v) is 5.65. The van der Waals surface area contributed by atoms with Crippen molar-refractivity contribution >= 4 is 12.0 Å². The minimum absolute atomic E-state index is 0.131. The van der Waals surface area contributed by atoms with Crippen LogP contribution in [0.5, 0.6) is 0 Å². The Morgan fingerprint density at radius 2 is 1.62 bits per heavy atom. The van der Waals surface area contributed by atoms with Gasteiger partial charge >= 0.3 is 6.09 Å². The van der Waals surface area contributed by atoms with Gasteiger partial charge in [-0.15, -0.1) is 0 Å². The van der Waals surface area contributed by atoms with E-state index < -0.39 is 6.09 Å². The molecule has 4 nitrogen and oxygen atoms in total. The van der Waals surface area contributed by atoms with Crippen LogP contribution in [0.25, 0.3) is 0 Å². The Morgan fingerprint density at radius 3 is 2.12 bits per heavy atom. The summed E-state index contributed by atoms with van der Waals surface area (Å²) in [6.07, 6.45) is 2.44. The second-order valence-electron chi connectivity index (χ2n) is 5.65. The van der Waals surface area contributed by atoms with Crippen LogP contribution in [-0.2, 0) is 9.53 Å². The predicted octanol–water partition coefficient (Wildman–Crippen LogP) is 3.74. The van der Waals surface area contributed by atoms with Crippen LogP contribution >= 0.6 is 0 Å². The third kappa shape index (κ3) is 3.08. The topological polar surface area (TPSA) is 46.6 Å². The highest BCUT2D eigenvalue weighted by Gasteiger charge is 2.42. The van der Waals surface area contributed by atoms with Gasteiger partial charge in [-0.25, -0.2) is 9.69 Å². The fourth-order valence-electron chi connectivity index (χ4n) is 3.12. The van der Waals surface area contributed by atoms with Crippen LogP contribution in [0.3, 0.4) is 0 Å². The fourth-order valence-corrected chi connectivity index (χ4v) is 3.12. The van der Waals surface area contributed by atoms with Crippen LogP contribution in [0.15, 0.2) is 72.8 Å². The maximum atomic E-state index is 12.4. The number of imide groups is 1. The average Bonchev–Trinajstić information content (AvgIpc) is 2.99. The van der Waals surface area contributed by atoms with Gasteiger partial charge in [0.1, 0.15) is 6.61 Å². The lowest BCUT2D eigenvalue weighted by atomic mass is 9.85. The highest BCUT2D eigenvalue weighted by atomic mass is 16.6. The zero-order chi connectivity index (χ0) is 16.9. The number of allylic oxidation sites excluding steroid dienone is 1. The molecular weight excluding hydrogens is 302 g/mol. The number of carbonyl (C=O) groups excluding carboxylic acids is 2. The predicted molar refractivity (Wildman–Crippen MR) is 91.5 cm³/mol. The van der Waals surface area contributed by atoms with Crippen molar-refractivity contribution in [2.45, 2.75) is 18.9 Å². The standard InChI is InChI=1S/C20H19NO3/c1-2-9-18(22)21-17(14-24-20(21)23)19(15-10-5-3-6-11-15)16-12-7-4-8-13-16/h2-13,17,19H,14H2,1H3/b9-2-/t17-/m0/s1. The van der Waals surface area contributed by atoms with E-state index >= 15 is 0 Å². The van der Waals surface area contributed by atoms with Crippen molar-refractivity contribution < 1.29 is 14.3 Å². The number of nitrogens with zero attached hydrogens (tertiary/aromatic N) is 1. The van der Waals surface area contributed by atoms with Crippen LogP contribution in [0.1, 0.15) is 24.0 Å². The van der Waals surface area contributed by atoms with Gasteiger partial charge in [0.05, 0.1) is 6.04 Å². The van der Waals surface area contributed by atoms with Gasteiger partial charge in [0.15, 0.2) is 0 Å². The number of hydrogen-bond acceptors (Lipinski definition) is 3. The highest BCUT2D eigenvalue weighted by molar-refractivity contribution is 6.00. The van der Waals surface area contributed by atoms with Gasteiger partial charge in [0, 0.05) is 5.92 Å². The first kappa shape index (κ1) is 16.0. The molecular formula is C20H19NO3. The summed E-state index contributed by atoms with van der Waals surface area (Å²) in [5, 5.41) is 0. The lowest BCUT2D eigenvalue weighted by molar-refractivity contribution is -0.124. The second kappa shape index (κ2) is 7.13. The third-order valence-electron chi connectivity index (χ3n) is 4.15. The number of carbonyl (C=O) groups is 2. The molecule has 1 fully saturated rings. The molecule has 4 heteroatoms. The molecule has 2 aromatic rings. The molecule has 2 aromatic carbocycles. The molecule has 0 aromatic heterocycles. The number of amides is 2. The molecule has 122 valence electrons. The Morgan fingerprint density at radius 1 is 1.08 bits per heavy atom. The molecule has 0 spiro atoms. The summed E-state index contributed by atoms with van der Waals surface area (Å²) >= 11 is 0. The number of cyclic esters (lactones) is 1. The van der Waals surface area contributed by atoms with Crippen molar-refractivity contribution in [3.05, 3.63) is 83.9 Å². The molecule has 0 N–H and O–H groups in total. The first-order valence-corrected chi connectivity index (χ1v) is 7.95. The van der Waals surface area contributed by atoms with Gasteiger partial charge in [-0.05, 0) is 24.1 Å². The molecule has 2 amide bonds. The summed E-state index contributed by atoms with van der Waals surface area (Å²) in [4.78, 5) is 25.7. The molecule has 1 heterocycles. The summed E-state index contributed by atoms with van der Waals surface area (Å²) in [6.45, 7) is 1.94. The molecule has 0 saturated carbocycles. The van der Waals surface area contributed by atoms with Crippen molar-refractivity contribution in [2.75, 3.05) is 6.61 Å². The van der Waals surface area contributed by atoms with E-state index in [1.54, 1.807) is 13.0 Å². The quantitative estimate of drug-likeness (QED) is 0.806. The fraction of sp³-hybridized carbons (Fsp3) is 0.200. The van der Waals surface area contributed by atoms with Crippen LogP contribution < -0.4 is 0 Å². The summed E-state index contributed by atoms with van der Waals surface area (Å²) in [6, 6.07) is 19.4. The van der Waals surface area contributed by atoms with Crippen molar-refractivity contribution in [3.8, 4) is 0 Å². The maximum Gasteiger partial charge on any atom is 0.417 e. The smallest absolute Gasteiger partial charge is 0.417 e. The van der Waals surface area contributed by atoms with Crippen LogP contribution in [-0.4, -0.2) is 29.5 Å². The molecule has 0 radical (unpaired) electrons. The molecule has 24 heavy (non-hydrogen) atoms. The largest absolute Gasteiger partial charge is 0.447 e. The average molecular weight is 321 g/mol. The lowest BCUT2D eigenvalue weighted by Gasteiger charge is -2.28. The van der Waals surface area contributed by atoms with Gasteiger partial charge in [-0.2, -0.15) is 0 Å². The van der Waals surface area contributed by atoms with Crippen LogP contribution in [0, 0.1) is 0 Å². The molecule has 0 unspecified atom stereocenters. The molecule has 0 aliphatic carbocycles. The number of hydrogen-bond donors (Lipinski definition) is 0. The van der Waals surface area contributed by atoms with Gasteiger partial charge in [0.2, 0.25) is 0 Å². The highest BCUT2D eigenvalue weighted by Crippen LogP contribution is 2.34. The van der Waals surface area contributed by atoms with E-state index in [0.29, 0.717) is 0 Å². The zero-order valence-electron chi connectivity index (χ0n) is 13.5. The molecule has 1 aliphatic rings. The summed E-state index contributed by atoms with van der Waals surface area (Å²) in [5.74, 6) is -0.477. The number of benzene rings is 2. The Hall–Kier alpha value is -2.88. The van der Waals surface area contributed by atoms with Crippen molar-refractivity contribution in [1.82, 2.24) is 4.90 Å². The van der Waals surface area contributed by atoms with E-state index in [0.717, 1.165) is 11.1 Å². The first-order chi connectivity index (χ1) is 11.7. The maximum absolute atomic E-state index is 12.4. The van der Waals surface area contributed by atoms with Gasteiger partial charge in [0.25, 0.3) is 5.91 Å². The SMILES string of the molecule is C/C=C\C(=O)N1C(=O)OC[C@H]1C(c1ccccc1)c1ccccc1. The van der Waals surface area contributed by atoms with Gasteiger partial charge in [-0.1, -0.05) is 66.7 Å².